The Morgan fingerprint density at radius 2 is 1.82 bits per heavy atom. The first-order chi connectivity index (χ1) is 10.5. The number of halogens is 2. The average molecular weight is 344 g/mol. The van der Waals surface area contributed by atoms with Gasteiger partial charge in [-0.1, -0.05) is 29.3 Å². The van der Waals surface area contributed by atoms with Crippen LogP contribution in [0, 0.1) is 0 Å². The Balaban J connectivity index is 1.82. The van der Waals surface area contributed by atoms with Crippen molar-refractivity contribution < 1.29 is 4.79 Å². The molecule has 4 nitrogen and oxygen atoms in total. The summed E-state index contributed by atoms with van der Waals surface area (Å²) in [6.07, 6.45) is 0. The minimum atomic E-state index is -0.353. The van der Waals surface area contributed by atoms with Crippen LogP contribution in [-0.2, 0) is 4.79 Å². The zero-order chi connectivity index (χ0) is 16.1. The molecule has 122 valence electrons. The highest BCUT2D eigenvalue weighted by atomic mass is 35.5. The van der Waals surface area contributed by atoms with Crippen molar-refractivity contribution in [1.29, 1.82) is 0 Å². The van der Waals surface area contributed by atoms with Crippen LogP contribution in [0.1, 0.15) is 18.4 Å². The number of amides is 1. The standard InChI is InChI=1S/C16H23Cl2N3O/c1-12(15-13(17)4-3-5-14(15)18)16(22)19-6-7-21-10-8-20(2)9-11-21/h3-5,12H,6-11H2,1-2H3,(H,19,22)/t12-/m0/s1. The third kappa shape index (κ3) is 4.59. The second kappa shape index (κ2) is 8.16. The number of rotatable bonds is 5. The number of nitrogens with one attached hydrogen (secondary N) is 1. The lowest BCUT2D eigenvalue weighted by molar-refractivity contribution is -0.122. The molecule has 22 heavy (non-hydrogen) atoms. The Labute approximate surface area is 142 Å². The van der Waals surface area contributed by atoms with Crippen molar-refractivity contribution in [2.24, 2.45) is 0 Å². The summed E-state index contributed by atoms with van der Waals surface area (Å²) in [6.45, 7) is 7.63. The van der Waals surface area contributed by atoms with E-state index in [0.717, 1.165) is 32.7 Å². The van der Waals surface area contributed by atoms with Crippen molar-refractivity contribution in [3.8, 4) is 0 Å². The van der Waals surface area contributed by atoms with E-state index in [1.165, 1.54) is 0 Å². The Morgan fingerprint density at radius 3 is 2.41 bits per heavy atom. The second-order valence-electron chi connectivity index (χ2n) is 5.79. The van der Waals surface area contributed by atoms with Crippen LogP contribution in [0.15, 0.2) is 18.2 Å². The molecule has 0 spiro atoms. The van der Waals surface area contributed by atoms with Gasteiger partial charge in [0.25, 0.3) is 0 Å². The summed E-state index contributed by atoms with van der Waals surface area (Å²) in [7, 11) is 2.13. The van der Waals surface area contributed by atoms with Gasteiger partial charge in [0.2, 0.25) is 5.91 Å². The fraction of sp³-hybridized carbons (Fsp3) is 0.562. The molecule has 6 heteroatoms. The van der Waals surface area contributed by atoms with Crippen molar-refractivity contribution >= 4 is 29.1 Å². The summed E-state index contributed by atoms with van der Waals surface area (Å²) in [5, 5.41) is 4.05. The number of hydrogen-bond donors (Lipinski definition) is 1. The minimum absolute atomic E-state index is 0.0378. The maximum atomic E-state index is 12.3. The smallest absolute Gasteiger partial charge is 0.227 e. The molecule has 0 aromatic heterocycles. The molecule has 0 unspecified atom stereocenters. The van der Waals surface area contributed by atoms with Gasteiger partial charge in [-0.05, 0) is 26.1 Å². The van der Waals surface area contributed by atoms with E-state index in [4.69, 9.17) is 23.2 Å². The van der Waals surface area contributed by atoms with Gasteiger partial charge in [0.15, 0.2) is 0 Å². The summed E-state index contributed by atoms with van der Waals surface area (Å²) < 4.78 is 0. The van der Waals surface area contributed by atoms with Crippen molar-refractivity contribution in [3.05, 3.63) is 33.8 Å². The van der Waals surface area contributed by atoms with Gasteiger partial charge in [0.05, 0.1) is 5.92 Å². The van der Waals surface area contributed by atoms with E-state index in [1.807, 2.05) is 6.92 Å². The Morgan fingerprint density at radius 1 is 1.23 bits per heavy atom. The lowest BCUT2D eigenvalue weighted by Crippen LogP contribution is -2.47. The topological polar surface area (TPSA) is 35.6 Å². The predicted octanol–water partition coefficient (Wildman–Crippen LogP) is 2.46. The van der Waals surface area contributed by atoms with Gasteiger partial charge >= 0.3 is 0 Å². The lowest BCUT2D eigenvalue weighted by atomic mass is 10.00. The van der Waals surface area contributed by atoms with Gasteiger partial charge < -0.3 is 10.2 Å². The first-order valence-electron chi connectivity index (χ1n) is 7.61. The van der Waals surface area contributed by atoms with Crippen LogP contribution < -0.4 is 5.32 Å². The van der Waals surface area contributed by atoms with E-state index in [9.17, 15) is 4.79 Å². The van der Waals surface area contributed by atoms with Crippen LogP contribution in [0.4, 0.5) is 0 Å². The van der Waals surface area contributed by atoms with Gasteiger partial charge in [-0.25, -0.2) is 0 Å². The summed E-state index contributed by atoms with van der Waals surface area (Å²) in [4.78, 5) is 17.0. The van der Waals surface area contributed by atoms with Gasteiger partial charge in [-0.15, -0.1) is 0 Å². The number of carbonyl (C=O) groups excluding carboxylic acids is 1. The molecule has 1 saturated heterocycles. The largest absolute Gasteiger partial charge is 0.354 e. The lowest BCUT2D eigenvalue weighted by Gasteiger charge is -2.32. The quantitative estimate of drug-likeness (QED) is 0.891. The van der Waals surface area contributed by atoms with Gasteiger partial charge in [-0.3, -0.25) is 9.69 Å². The fourth-order valence-corrected chi connectivity index (χ4v) is 3.34. The van der Waals surface area contributed by atoms with E-state index < -0.39 is 0 Å². The molecule has 0 saturated carbocycles. The highest BCUT2D eigenvalue weighted by Gasteiger charge is 2.21. The summed E-state index contributed by atoms with van der Waals surface area (Å²) in [5.74, 6) is -0.391. The highest BCUT2D eigenvalue weighted by molar-refractivity contribution is 6.36. The number of carbonyl (C=O) groups is 1. The Bertz CT molecular complexity index is 496. The minimum Gasteiger partial charge on any atom is -0.354 e. The number of nitrogens with zero attached hydrogens (tertiary/aromatic N) is 2. The van der Waals surface area contributed by atoms with Crippen LogP contribution in [0.5, 0.6) is 0 Å². The molecule has 1 aliphatic heterocycles. The maximum Gasteiger partial charge on any atom is 0.227 e. The third-order valence-electron chi connectivity index (χ3n) is 4.15. The highest BCUT2D eigenvalue weighted by Crippen LogP contribution is 2.31. The van der Waals surface area contributed by atoms with Crippen molar-refractivity contribution in [1.82, 2.24) is 15.1 Å². The van der Waals surface area contributed by atoms with Crippen LogP contribution in [0.2, 0.25) is 10.0 Å². The second-order valence-corrected chi connectivity index (χ2v) is 6.61. The molecule has 0 bridgehead atoms. The molecular formula is C16H23Cl2N3O. The maximum absolute atomic E-state index is 12.3. The summed E-state index contributed by atoms with van der Waals surface area (Å²) in [5.41, 5.74) is 0.697. The molecular weight excluding hydrogens is 321 g/mol. The van der Waals surface area contributed by atoms with E-state index in [-0.39, 0.29) is 11.8 Å². The number of piperazine rings is 1. The first-order valence-corrected chi connectivity index (χ1v) is 8.37. The van der Waals surface area contributed by atoms with E-state index in [1.54, 1.807) is 18.2 Å². The molecule has 0 aliphatic carbocycles. The molecule has 0 radical (unpaired) electrons. The average Bonchev–Trinajstić information content (AvgIpc) is 2.49. The Kier molecular flexibility index (Phi) is 6.50. The molecule has 1 aliphatic rings. The van der Waals surface area contributed by atoms with Gasteiger partial charge in [-0.2, -0.15) is 0 Å². The molecule has 1 atom stereocenters. The zero-order valence-electron chi connectivity index (χ0n) is 13.1. The fourth-order valence-electron chi connectivity index (χ4n) is 2.62. The van der Waals surface area contributed by atoms with Crippen LogP contribution in [0.25, 0.3) is 0 Å². The van der Waals surface area contributed by atoms with Crippen molar-refractivity contribution in [2.75, 3.05) is 46.3 Å². The van der Waals surface area contributed by atoms with Crippen LogP contribution in [-0.4, -0.2) is 62.0 Å². The molecule has 1 aromatic carbocycles. The number of likely N-dealkylation sites (N-methyl/N-ethyl adjacent to an activating group) is 1. The molecule has 1 fully saturated rings. The normalized spacial score (nSPS) is 18.2. The van der Waals surface area contributed by atoms with Crippen molar-refractivity contribution in [2.45, 2.75) is 12.8 Å². The molecule has 1 N–H and O–H groups in total. The molecule has 1 amide bonds. The van der Waals surface area contributed by atoms with Gasteiger partial charge in [0, 0.05) is 54.9 Å². The monoisotopic (exact) mass is 343 g/mol. The molecule has 1 aromatic rings. The zero-order valence-corrected chi connectivity index (χ0v) is 14.6. The molecule has 2 rings (SSSR count). The van der Waals surface area contributed by atoms with Crippen LogP contribution in [0.3, 0.4) is 0 Å². The predicted molar refractivity (Wildman–Crippen MR) is 91.8 cm³/mol. The van der Waals surface area contributed by atoms with Gasteiger partial charge in [0.1, 0.15) is 0 Å². The summed E-state index contributed by atoms with van der Waals surface area (Å²) >= 11 is 12.3. The van der Waals surface area contributed by atoms with E-state index >= 15 is 0 Å². The Hall–Kier alpha value is -0.810. The van der Waals surface area contributed by atoms with Crippen molar-refractivity contribution in [3.63, 3.8) is 0 Å². The van der Waals surface area contributed by atoms with Crippen LogP contribution >= 0.6 is 23.2 Å². The third-order valence-corrected chi connectivity index (χ3v) is 4.81. The SMILES string of the molecule is C[C@H](C(=O)NCCN1CCN(C)CC1)c1c(Cl)cccc1Cl. The van der Waals surface area contributed by atoms with E-state index in [2.05, 4.69) is 22.2 Å². The van der Waals surface area contributed by atoms with E-state index in [0.29, 0.717) is 22.2 Å². The first kappa shape index (κ1) is 17.5. The molecule has 1 heterocycles. The number of benzene rings is 1. The number of hydrogen-bond acceptors (Lipinski definition) is 3. The summed E-state index contributed by atoms with van der Waals surface area (Å²) in [6, 6.07) is 5.31.